The number of carbonyl (C=O) groups excluding carboxylic acids is 1. The molecule has 1 unspecified atom stereocenters. The van der Waals surface area contributed by atoms with Gasteiger partial charge < -0.3 is 4.74 Å². The Kier molecular flexibility index (Phi) is 9.19. The summed E-state index contributed by atoms with van der Waals surface area (Å²) in [5.41, 5.74) is 0. The van der Waals surface area contributed by atoms with E-state index in [1.807, 2.05) is 0 Å². The zero-order chi connectivity index (χ0) is 13.1. The Hall–Kier alpha value is -0.370. The van der Waals surface area contributed by atoms with E-state index in [9.17, 15) is 4.79 Å². The summed E-state index contributed by atoms with van der Waals surface area (Å²) in [6.07, 6.45) is 12.8. The van der Waals surface area contributed by atoms with Crippen molar-refractivity contribution >= 4 is 5.78 Å². The van der Waals surface area contributed by atoms with Crippen LogP contribution in [0.4, 0.5) is 0 Å². The number of carbonyl (C=O) groups is 1. The Labute approximate surface area is 112 Å². The number of rotatable bonds is 0. The number of ether oxygens (including phenoxy) is 1. The molecule has 0 amide bonds. The monoisotopic (exact) mass is 254 g/mol. The van der Waals surface area contributed by atoms with Gasteiger partial charge in [-0.1, -0.05) is 45.4 Å². The van der Waals surface area contributed by atoms with E-state index < -0.39 is 0 Å². The lowest BCUT2D eigenvalue weighted by Crippen LogP contribution is -2.09. The highest BCUT2D eigenvalue weighted by molar-refractivity contribution is 5.78. The normalized spacial score (nSPS) is 26.9. The van der Waals surface area contributed by atoms with Gasteiger partial charge in [0, 0.05) is 26.1 Å². The summed E-state index contributed by atoms with van der Waals surface area (Å²) in [7, 11) is 0. The van der Waals surface area contributed by atoms with Gasteiger partial charge in [0.15, 0.2) is 0 Å². The maximum atomic E-state index is 11.7. The second kappa shape index (κ2) is 10.5. The highest BCUT2D eigenvalue weighted by Crippen LogP contribution is 2.14. The van der Waals surface area contributed by atoms with Crippen molar-refractivity contribution in [2.24, 2.45) is 5.92 Å². The lowest BCUT2D eigenvalue weighted by molar-refractivity contribution is -0.120. The topological polar surface area (TPSA) is 26.3 Å². The molecule has 1 saturated heterocycles. The molecule has 0 spiro atoms. The first kappa shape index (κ1) is 15.7. The number of ketones is 1. The molecule has 1 aliphatic heterocycles. The molecule has 1 aliphatic rings. The zero-order valence-corrected chi connectivity index (χ0v) is 12.1. The van der Waals surface area contributed by atoms with Crippen molar-refractivity contribution in [3.05, 3.63) is 0 Å². The Balaban J connectivity index is 2.21. The van der Waals surface area contributed by atoms with E-state index in [1.165, 1.54) is 44.9 Å². The molecule has 0 N–H and O–H groups in total. The van der Waals surface area contributed by atoms with Gasteiger partial charge in [-0.05, 0) is 25.2 Å². The average Bonchev–Trinajstić information content (AvgIpc) is 2.33. The van der Waals surface area contributed by atoms with Crippen LogP contribution in [0, 0.1) is 5.92 Å². The fraction of sp³-hybridized carbons (Fsp3) is 0.938. The van der Waals surface area contributed by atoms with Crippen molar-refractivity contribution in [1.82, 2.24) is 0 Å². The standard InChI is InChI=1S/C16H30O2/c1-15-11-13-18-12-9-7-5-3-2-4-6-8-10-16(17)14-15/h15H,2-14H2,1H3. The molecule has 0 saturated carbocycles. The molecule has 0 aromatic carbocycles. The average molecular weight is 254 g/mol. The van der Waals surface area contributed by atoms with Crippen LogP contribution in [-0.4, -0.2) is 19.0 Å². The summed E-state index contributed by atoms with van der Waals surface area (Å²) in [6.45, 7) is 3.90. The largest absolute Gasteiger partial charge is 0.381 e. The first-order valence-electron chi connectivity index (χ1n) is 7.88. The molecule has 1 fully saturated rings. The molecule has 0 radical (unpaired) electrons. The molecule has 1 rings (SSSR count). The highest BCUT2D eigenvalue weighted by Gasteiger charge is 2.09. The maximum absolute atomic E-state index is 11.7. The van der Waals surface area contributed by atoms with Crippen molar-refractivity contribution in [2.75, 3.05) is 13.2 Å². The second-order valence-electron chi connectivity index (χ2n) is 5.83. The van der Waals surface area contributed by atoms with Crippen LogP contribution in [0.3, 0.4) is 0 Å². The molecule has 0 aromatic rings. The minimum atomic E-state index is 0.453. The lowest BCUT2D eigenvalue weighted by Gasteiger charge is -2.11. The maximum Gasteiger partial charge on any atom is 0.133 e. The van der Waals surface area contributed by atoms with Crippen molar-refractivity contribution in [2.45, 2.75) is 77.6 Å². The van der Waals surface area contributed by atoms with Crippen LogP contribution in [0.25, 0.3) is 0 Å². The third-order valence-electron chi connectivity index (χ3n) is 3.83. The van der Waals surface area contributed by atoms with Crippen LogP contribution < -0.4 is 0 Å². The van der Waals surface area contributed by atoms with E-state index in [2.05, 4.69) is 6.92 Å². The number of hydrogen-bond donors (Lipinski definition) is 0. The van der Waals surface area contributed by atoms with Crippen LogP contribution in [-0.2, 0) is 9.53 Å². The quantitative estimate of drug-likeness (QED) is 0.635. The SMILES string of the molecule is CC1CCOCCCCCCCCCCC(=O)C1. The van der Waals surface area contributed by atoms with Crippen LogP contribution in [0.5, 0.6) is 0 Å². The van der Waals surface area contributed by atoms with E-state index in [-0.39, 0.29) is 0 Å². The van der Waals surface area contributed by atoms with Gasteiger partial charge in [0.25, 0.3) is 0 Å². The number of hydrogen-bond acceptors (Lipinski definition) is 2. The first-order chi connectivity index (χ1) is 8.79. The highest BCUT2D eigenvalue weighted by atomic mass is 16.5. The van der Waals surface area contributed by atoms with E-state index in [4.69, 9.17) is 4.74 Å². The van der Waals surface area contributed by atoms with Gasteiger partial charge >= 0.3 is 0 Å². The molecule has 0 aromatic heterocycles. The Morgan fingerprint density at radius 3 is 2.22 bits per heavy atom. The van der Waals surface area contributed by atoms with Crippen LogP contribution in [0.2, 0.25) is 0 Å². The molecular formula is C16H30O2. The molecule has 2 heteroatoms. The van der Waals surface area contributed by atoms with Gasteiger partial charge in [-0.3, -0.25) is 4.79 Å². The molecule has 0 bridgehead atoms. The van der Waals surface area contributed by atoms with Crippen molar-refractivity contribution in [3.63, 3.8) is 0 Å². The summed E-state index contributed by atoms with van der Waals surface area (Å²) in [5, 5.41) is 0. The summed E-state index contributed by atoms with van der Waals surface area (Å²) in [5.74, 6) is 0.944. The molecule has 1 atom stereocenters. The van der Waals surface area contributed by atoms with E-state index >= 15 is 0 Å². The molecular weight excluding hydrogens is 224 g/mol. The Morgan fingerprint density at radius 2 is 1.50 bits per heavy atom. The third kappa shape index (κ3) is 8.68. The summed E-state index contributed by atoms with van der Waals surface area (Å²) < 4.78 is 5.63. The number of Topliss-reactive ketones (excluding diaryl/α,β-unsaturated/α-hetero) is 1. The summed E-state index contributed by atoms with van der Waals surface area (Å²) in [4.78, 5) is 11.7. The Bertz CT molecular complexity index is 213. The Morgan fingerprint density at radius 1 is 0.889 bits per heavy atom. The van der Waals surface area contributed by atoms with Gasteiger partial charge in [0.2, 0.25) is 0 Å². The minimum Gasteiger partial charge on any atom is -0.381 e. The van der Waals surface area contributed by atoms with Gasteiger partial charge in [-0.25, -0.2) is 0 Å². The van der Waals surface area contributed by atoms with Crippen molar-refractivity contribution in [3.8, 4) is 0 Å². The van der Waals surface area contributed by atoms with Crippen molar-refractivity contribution in [1.29, 1.82) is 0 Å². The van der Waals surface area contributed by atoms with E-state index in [0.717, 1.165) is 38.9 Å². The summed E-state index contributed by atoms with van der Waals surface area (Å²) in [6, 6.07) is 0. The predicted molar refractivity (Wildman–Crippen MR) is 75.8 cm³/mol. The van der Waals surface area contributed by atoms with Gasteiger partial charge in [0.05, 0.1) is 0 Å². The van der Waals surface area contributed by atoms with Gasteiger partial charge in [-0.2, -0.15) is 0 Å². The molecule has 18 heavy (non-hydrogen) atoms. The zero-order valence-electron chi connectivity index (χ0n) is 12.1. The molecule has 0 aliphatic carbocycles. The van der Waals surface area contributed by atoms with Gasteiger partial charge in [-0.15, -0.1) is 0 Å². The van der Waals surface area contributed by atoms with E-state index in [0.29, 0.717) is 11.7 Å². The van der Waals surface area contributed by atoms with Gasteiger partial charge in [0.1, 0.15) is 5.78 Å². The minimum absolute atomic E-state index is 0.453. The smallest absolute Gasteiger partial charge is 0.133 e. The second-order valence-corrected chi connectivity index (χ2v) is 5.83. The fourth-order valence-corrected chi connectivity index (χ4v) is 2.57. The van der Waals surface area contributed by atoms with Crippen LogP contribution >= 0.6 is 0 Å². The molecule has 106 valence electrons. The lowest BCUT2D eigenvalue weighted by atomic mass is 9.98. The third-order valence-corrected chi connectivity index (χ3v) is 3.83. The first-order valence-corrected chi connectivity index (χ1v) is 7.88. The van der Waals surface area contributed by atoms with Crippen LogP contribution in [0.15, 0.2) is 0 Å². The van der Waals surface area contributed by atoms with Crippen LogP contribution in [0.1, 0.15) is 77.6 Å². The molecule has 2 nitrogen and oxygen atoms in total. The van der Waals surface area contributed by atoms with Crippen molar-refractivity contribution < 1.29 is 9.53 Å². The fourth-order valence-electron chi connectivity index (χ4n) is 2.57. The molecule has 1 heterocycles. The predicted octanol–water partition coefficient (Wildman–Crippen LogP) is 4.51. The van der Waals surface area contributed by atoms with E-state index in [1.54, 1.807) is 0 Å². The summed E-state index contributed by atoms with van der Waals surface area (Å²) >= 11 is 0.